The number of hydrogen-bond acceptors (Lipinski definition) is 4. The van der Waals surface area contributed by atoms with Crippen LogP contribution in [0.1, 0.15) is 27.6 Å². The summed E-state index contributed by atoms with van der Waals surface area (Å²) in [5.41, 5.74) is 1.52. The Hall–Kier alpha value is -2.44. The van der Waals surface area contributed by atoms with Gasteiger partial charge in [0, 0.05) is 18.2 Å². The molecule has 120 valence electrons. The highest BCUT2D eigenvalue weighted by Gasteiger charge is 2.17. The number of nitro benzene ring substituents is 1. The van der Waals surface area contributed by atoms with Crippen molar-refractivity contribution in [2.45, 2.75) is 13.0 Å². The molecule has 0 aliphatic heterocycles. The van der Waals surface area contributed by atoms with Crippen LogP contribution in [0.4, 0.5) is 5.69 Å². The number of carbonyl (C=O) groups excluding carboxylic acids is 1. The number of nitrogens with zero attached hydrogens (tertiary/aromatic N) is 1. The van der Waals surface area contributed by atoms with Crippen LogP contribution in [-0.2, 0) is 0 Å². The molecule has 2 N–H and O–H groups in total. The maximum atomic E-state index is 12.0. The standard InChI is InChI=1S/C16H15ClN2O4/c1-10-2-4-11(5-3-10)15(20)9-18-16(21)12-6-7-13(17)14(8-12)19(22)23/h2-8,15,20H,9H2,1H3,(H,18,21). The zero-order chi connectivity index (χ0) is 17.0. The first kappa shape index (κ1) is 16.9. The second-order valence-corrected chi connectivity index (χ2v) is 5.47. The fraction of sp³-hybridized carbons (Fsp3) is 0.188. The number of rotatable bonds is 5. The van der Waals surface area contributed by atoms with Gasteiger partial charge in [-0.15, -0.1) is 0 Å². The molecule has 0 aromatic heterocycles. The number of carbonyl (C=O) groups is 1. The Balaban J connectivity index is 2.03. The lowest BCUT2D eigenvalue weighted by molar-refractivity contribution is -0.384. The second kappa shape index (κ2) is 7.21. The third kappa shape index (κ3) is 4.28. The van der Waals surface area contributed by atoms with Gasteiger partial charge >= 0.3 is 0 Å². The molecule has 23 heavy (non-hydrogen) atoms. The number of aliphatic hydroxyl groups excluding tert-OH is 1. The Morgan fingerprint density at radius 2 is 1.96 bits per heavy atom. The SMILES string of the molecule is Cc1ccc(C(O)CNC(=O)c2ccc(Cl)c([N+](=O)[O-])c2)cc1. The molecule has 0 aliphatic carbocycles. The summed E-state index contributed by atoms with van der Waals surface area (Å²) in [5, 5.41) is 23.4. The highest BCUT2D eigenvalue weighted by molar-refractivity contribution is 6.32. The minimum Gasteiger partial charge on any atom is -0.387 e. The Morgan fingerprint density at radius 1 is 1.30 bits per heavy atom. The fourth-order valence-corrected chi connectivity index (χ4v) is 2.18. The summed E-state index contributed by atoms with van der Waals surface area (Å²) in [6.07, 6.45) is -0.859. The van der Waals surface area contributed by atoms with Gasteiger partial charge in [-0.25, -0.2) is 0 Å². The number of aliphatic hydroxyl groups is 1. The Kier molecular flexibility index (Phi) is 5.31. The van der Waals surface area contributed by atoms with Gasteiger partial charge in [-0.3, -0.25) is 14.9 Å². The molecule has 2 aromatic carbocycles. The van der Waals surface area contributed by atoms with E-state index in [9.17, 15) is 20.0 Å². The van der Waals surface area contributed by atoms with Crippen LogP contribution in [0.5, 0.6) is 0 Å². The summed E-state index contributed by atoms with van der Waals surface area (Å²) in [4.78, 5) is 22.2. The molecule has 0 bridgehead atoms. The van der Waals surface area contributed by atoms with E-state index in [-0.39, 0.29) is 22.8 Å². The summed E-state index contributed by atoms with van der Waals surface area (Å²) in [7, 11) is 0. The lowest BCUT2D eigenvalue weighted by atomic mass is 10.1. The van der Waals surface area contributed by atoms with Crippen molar-refractivity contribution in [3.05, 3.63) is 74.3 Å². The van der Waals surface area contributed by atoms with Gasteiger partial charge in [-0.1, -0.05) is 41.4 Å². The van der Waals surface area contributed by atoms with Gasteiger partial charge in [0.1, 0.15) is 5.02 Å². The van der Waals surface area contributed by atoms with Crippen LogP contribution >= 0.6 is 11.6 Å². The molecule has 2 aromatic rings. The smallest absolute Gasteiger partial charge is 0.288 e. The van der Waals surface area contributed by atoms with Crippen LogP contribution in [0.15, 0.2) is 42.5 Å². The molecule has 6 nitrogen and oxygen atoms in total. The van der Waals surface area contributed by atoms with Crippen LogP contribution in [-0.4, -0.2) is 22.5 Å². The predicted molar refractivity (Wildman–Crippen MR) is 86.6 cm³/mol. The molecule has 7 heteroatoms. The van der Waals surface area contributed by atoms with Crippen molar-refractivity contribution >= 4 is 23.2 Å². The van der Waals surface area contributed by atoms with E-state index in [1.54, 1.807) is 12.1 Å². The number of halogens is 1. The molecule has 0 fully saturated rings. The minimum atomic E-state index is -0.859. The summed E-state index contributed by atoms with van der Waals surface area (Å²) in [5.74, 6) is -0.518. The van der Waals surface area contributed by atoms with E-state index < -0.39 is 16.9 Å². The van der Waals surface area contributed by atoms with Gasteiger partial charge in [0.2, 0.25) is 0 Å². The lowest BCUT2D eigenvalue weighted by Gasteiger charge is -2.12. The topological polar surface area (TPSA) is 92.5 Å². The summed E-state index contributed by atoms with van der Waals surface area (Å²) >= 11 is 5.70. The molecule has 0 spiro atoms. The molecular formula is C16H15ClN2O4. The normalized spacial score (nSPS) is 11.8. The van der Waals surface area contributed by atoms with Gasteiger partial charge in [-0.2, -0.15) is 0 Å². The summed E-state index contributed by atoms with van der Waals surface area (Å²) in [6.45, 7) is 1.93. The Labute approximate surface area is 137 Å². The van der Waals surface area contributed by atoms with Crippen molar-refractivity contribution in [3.8, 4) is 0 Å². The van der Waals surface area contributed by atoms with Crippen LogP contribution in [0.2, 0.25) is 5.02 Å². The number of benzene rings is 2. The molecule has 0 heterocycles. The number of hydrogen-bond donors (Lipinski definition) is 2. The molecule has 1 unspecified atom stereocenters. The average Bonchev–Trinajstić information content (AvgIpc) is 2.53. The molecule has 1 atom stereocenters. The maximum absolute atomic E-state index is 12.0. The van der Waals surface area contributed by atoms with Crippen molar-refractivity contribution in [2.24, 2.45) is 0 Å². The van der Waals surface area contributed by atoms with Gasteiger partial charge in [0.25, 0.3) is 11.6 Å². The minimum absolute atomic E-state index is 0.00167. The number of aryl methyl sites for hydroxylation is 1. The zero-order valence-electron chi connectivity index (χ0n) is 12.3. The first-order chi connectivity index (χ1) is 10.9. The van der Waals surface area contributed by atoms with E-state index in [1.165, 1.54) is 12.1 Å². The first-order valence-corrected chi connectivity index (χ1v) is 7.23. The first-order valence-electron chi connectivity index (χ1n) is 6.85. The van der Waals surface area contributed by atoms with Gasteiger partial charge < -0.3 is 10.4 Å². The third-order valence-corrected chi connectivity index (χ3v) is 3.64. The highest BCUT2D eigenvalue weighted by atomic mass is 35.5. The Bertz CT molecular complexity index is 731. The van der Waals surface area contributed by atoms with E-state index in [0.29, 0.717) is 5.56 Å². The summed E-state index contributed by atoms with van der Waals surface area (Å²) in [6, 6.07) is 11.1. The van der Waals surface area contributed by atoms with Crippen molar-refractivity contribution < 1.29 is 14.8 Å². The van der Waals surface area contributed by atoms with Crippen LogP contribution in [0, 0.1) is 17.0 Å². The quantitative estimate of drug-likeness (QED) is 0.649. The van der Waals surface area contributed by atoms with E-state index in [0.717, 1.165) is 11.6 Å². The lowest BCUT2D eigenvalue weighted by Crippen LogP contribution is -2.28. The van der Waals surface area contributed by atoms with Crippen LogP contribution < -0.4 is 5.32 Å². The van der Waals surface area contributed by atoms with Crippen molar-refractivity contribution in [1.29, 1.82) is 0 Å². The van der Waals surface area contributed by atoms with Crippen molar-refractivity contribution in [1.82, 2.24) is 5.32 Å². The van der Waals surface area contributed by atoms with Gasteiger partial charge in [0.15, 0.2) is 0 Å². The molecule has 2 rings (SSSR count). The van der Waals surface area contributed by atoms with Gasteiger partial charge in [-0.05, 0) is 24.6 Å². The summed E-state index contributed by atoms with van der Waals surface area (Å²) < 4.78 is 0. The monoisotopic (exact) mass is 334 g/mol. The average molecular weight is 335 g/mol. The zero-order valence-corrected chi connectivity index (χ0v) is 13.1. The van der Waals surface area contributed by atoms with Crippen LogP contribution in [0.25, 0.3) is 0 Å². The number of amides is 1. The van der Waals surface area contributed by atoms with Crippen LogP contribution in [0.3, 0.4) is 0 Å². The van der Waals surface area contributed by atoms with E-state index in [2.05, 4.69) is 5.32 Å². The highest BCUT2D eigenvalue weighted by Crippen LogP contribution is 2.25. The van der Waals surface area contributed by atoms with Crippen molar-refractivity contribution in [2.75, 3.05) is 6.54 Å². The molecule has 0 saturated heterocycles. The van der Waals surface area contributed by atoms with Gasteiger partial charge in [0.05, 0.1) is 11.0 Å². The van der Waals surface area contributed by atoms with E-state index >= 15 is 0 Å². The van der Waals surface area contributed by atoms with E-state index in [1.807, 2.05) is 19.1 Å². The third-order valence-electron chi connectivity index (χ3n) is 3.32. The molecule has 0 aliphatic rings. The molecular weight excluding hydrogens is 320 g/mol. The second-order valence-electron chi connectivity index (χ2n) is 5.06. The molecule has 0 radical (unpaired) electrons. The molecule has 0 saturated carbocycles. The largest absolute Gasteiger partial charge is 0.387 e. The Morgan fingerprint density at radius 3 is 2.57 bits per heavy atom. The number of nitro groups is 1. The number of nitrogens with one attached hydrogen (secondary N) is 1. The predicted octanol–water partition coefficient (Wildman–Crippen LogP) is 3.02. The fourth-order valence-electron chi connectivity index (χ4n) is 1.99. The van der Waals surface area contributed by atoms with E-state index in [4.69, 9.17) is 11.6 Å². The van der Waals surface area contributed by atoms with Crippen molar-refractivity contribution in [3.63, 3.8) is 0 Å². The molecule has 1 amide bonds. The maximum Gasteiger partial charge on any atom is 0.288 e.